The van der Waals surface area contributed by atoms with Crippen molar-refractivity contribution < 1.29 is 47.7 Å². The van der Waals surface area contributed by atoms with E-state index in [1.54, 1.807) is 18.2 Å². The topological polar surface area (TPSA) is 132 Å². The molecule has 2 rings (SSSR count). The standard InChI is InChI=1S/C87H150O10/c1-6-11-16-21-26-31-36-41-46-51-56-61-66-82(88)93-77-71-76(72-78(73-77)94-83(89)67-62-57-52-47-42-37-32-27-22-17-12-7-2)87-80(96-85(91)69-64-59-54-49-44-39-34-29-24-19-14-9-4)74-79(95-84(90)68-63-58-53-48-43-38-33-28-23-18-13-8-3)75-81(87)97-86(92)70-65-60-55-50-45-40-35-30-25-20-15-10-5/h71-75H,6-70H2,1-5H3. The Kier molecular flexibility index (Phi) is 60.8. The van der Waals surface area contributed by atoms with Crippen molar-refractivity contribution in [2.24, 2.45) is 0 Å². The minimum absolute atomic E-state index is 0.0292. The molecular formula is C87H150O10. The number of hydrogen-bond donors (Lipinski definition) is 0. The molecule has 10 heteroatoms. The first kappa shape index (κ1) is 88.9. The molecule has 0 atom stereocenters. The summed E-state index contributed by atoms with van der Waals surface area (Å²) in [4.78, 5) is 69.7. The fraction of sp³-hybridized carbons (Fsp3) is 0.805. The van der Waals surface area contributed by atoms with Crippen LogP contribution in [0.2, 0.25) is 0 Å². The van der Waals surface area contributed by atoms with Crippen molar-refractivity contribution in [3.63, 3.8) is 0 Å². The van der Waals surface area contributed by atoms with E-state index in [2.05, 4.69) is 34.6 Å². The maximum Gasteiger partial charge on any atom is 0.311 e. The molecule has 10 nitrogen and oxygen atoms in total. The number of ether oxygens (including phenoxy) is 5. The molecule has 0 aromatic heterocycles. The van der Waals surface area contributed by atoms with E-state index >= 15 is 0 Å². The molecule has 0 heterocycles. The lowest BCUT2D eigenvalue weighted by atomic mass is 10.0. The van der Waals surface area contributed by atoms with Crippen molar-refractivity contribution >= 4 is 29.8 Å². The largest absolute Gasteiger partial charge is 0.426 e. The quantitative estimate of drug-likeness (QED) is 0.0358. The molecule has 0 spiro atoms. The number of rotatable bonds is 71. The highest BCUT2D eigenvalue weighted by Crippen LogP contribution is 2.45. The molecule has 0 radical (unpaired) electrons. The molecule has 97 heavy (non-hydrogen) atoms. The minimum atomic E-state index is -0.471. The molecule has 0 amide bonds. The Balaban J connectivity index is 2.51. The van der Waals surface area contributed by atoms with Crippen LogP contribution < -0.4 is 23.7 Å². The number of esters is 5. The van der Waals surface area contributed by atoms with Gasteiger partial charge in [0.2, 0.25) is 0 Å². The maximum absolute atomic E-state index is 14.2. The van der Waals surface area contributed by atoms with Crippen molar-refractivity contribution in [1.29, 1.82) is 0 Å². The lowest BCUT2D eigenvalue weighted by molar-refractivity contribution is -0.136. The van der Waals surface area contributed by atoms with Gasteiger partial charge in [-0.25, -0.2) is 0 Å². The summed E-state index contributed by atoms with van der Waals surface area (Å²) < 4.78 is 31.1. The third kappa shape index (κ3) is 53.3. The summed E-state index contributed by atoms with van der Waals surface area (Å²) >= 11 is 0. The second-order valence-corrected chi connectivity index (χ2v) is 29.1. The predicted octanol–water partition coefficient (Wildman–Crippen LogP) is 28.3. The van der Waals surface area contributed by atoms with Crippen LogP contribution in [-0.4, -0.2) is 29.8 Å². The lowest BCUT2D eigenvalue weighted by Gasteiger charge is -2.19. The molecule has 0 saturated heterocycles. The van der Waals surface area contributed by atoms with E-state index in [1.807, 2.05) is 0 Å². The third-order valence-electron chi connectivity index (χ3n) is 19.5. The van der Waals surface area contributed by atoms with E-state index in [-0.39, 0.29) is 66.4 Å². The van der Waals surface area contributed by atoms with E-state index in [9.17, 15) is 24.0 Å². The highest BCUT2D eigenvalue weighted by molar-refractivity contribution is 5.87. The van der Waals surface area contributed by atoms with Gasteiger partial charge in [-0.1, -0.05) is 388 Å². The zero-order valence-electron chi connectivity index (χ0n) is 63.9. The van der Waals surface area contributed by atoms with Crippen molar-refractivity contribution in [3.8, 4) is 39.9 Å². The van der Waals surface area contributed by atoms with Gasteiger partial charge in [-0.2, -0.15) is 0 Å². The molecule has 0 fully saturated rings. The molecular weight excluding hydrogens is 1200 g/mol. The summed E-state index contributed by atoms with van der Waals surface area (Å²) in [6.45, 7) is 11.3. The van der Waals surface area contributed by atoms with Gasteiger partial charge in [0.15, 0.2) is 0 Å². The van der Waals surface area contributed by atoms with Crippen LogP contribution in [0.4, 0.5) is 0 Å². The van der Waals surface area contributed by atoms with E-state index in [1.165, 1.54) is 269 Å². The van der Waals surface area contributed by atoms with Gasteiger partial charge < -0.3 is 23.7 Å². The minimum Gasteiger partial charge on any atom is -0.426 e. The molecule has 0 bridgehead atoms. The fourth-order valence-electron chi connectivity index (χ4n) is 13.4. The molecule has 0 N–H and O–H groups in total. The lowest BCUT2D eigenvalue weighted by Crippen LogP contribution is -2.13. The fourth-order valence-corrected chi connectivity index (χ4v) is 13.4. The van der Waals surface area contributed by atoms with Crippen molar-refractivity contribution in [2.45, 2.75) is 452 Å². The predicted molar refractivity (Wildman–Crippen MR) is 409 cm³/mol. The van der Waals surface area contributed by atoms with Crippen LogP contribution in [0.15, 0.2) is 30.3 Å². The Morgan fingerprint density at radius 3 is 0.536 bits per heavy atom. The zero-order valence-corrected chi connectivity index (χ0v) is 63.9. The van der Waals surface area contributed by atoms with Crippen LogP contribution in [0, 0.1) is 0 Å². The van der Waals surface area contributed by atoms with Gasteiger partial charge in [0.05, 0.1) is 5.56 Å². The Morgan fingerprint density at radius 2 is 0.351 bits per heavy atom. The van der Waals surface area contributed by atoms with Gasteiger partial charge in [0.25, 0.3) is 0 Å². The summed E-state index contributed by atoms with van der Waals surface area (Å²) in [6.07, 6.45) is 71.2. The van der Waals surface area contributed by atoms with Crippen molar-refractivity contribution in [3.05, 3.63) is 30.3 Å². The SMILES string of the molecule is CCCCCCCCCCCCCCC(=O)Oc1cc(OC(=O)CCCCCCCCCCCCCC)cc(-c2c(OC(=O)CCCCCCCCCCCCCC)cc(OC(=O)CCCCCCCCCCCCCC)cc2OC(=O)CCCCCCCCCCCCCC)c1. The highest BCUT2D eigenvalue weighted by Gasteiger charge is 2.25. The average Bonchev–Trinajstić information content (AvgIpc) is 0.787. The first-order valence-electron chi connectivity index (χ1n) is 42.0. The van der Waals surface area contributed by atoms with E-state index in [4.69, 9.17) is 23.7 Å². The van der Waals surface area contributed by atoms with Gasteiger partial charge in [0, 0.05) is 50.3 Å². The van der Waals surface area contributed by atoms with Crippen molar-refractivity contribution in [1.82, 2.24) is 0 Å². The van der Waals surface area contributed by atoms with E-state index in [0.29, 0.717) is 37.7 Å². The Hall–Kier alpha value is -4.21. The Labute approximate surface area is 596 Å². The third-order valence-corrected chi connectivity index (χ3v) is 19.5. The van der Waals surface area contributed by atoms with Crippen LogP contribution in [0.3, 0.4) is 0 Å². The highest BCUT2D eigenvalue weighted by atomic mass is 16.6. The Bertz CT molecular complexity index is 2080. The van der Waals surface area contributed by atoms with Gasteiger partial charge >= 0.3 is 29.8 Å². The van der Waals surface area contributed by atoms with Crippen LogP contribution in [-0.2, 0) is 24.0 Å². The van der Waals surface area contributed by atoms with Gasteiger partial charge in [0.1, 0.15) is 28.7 Å². The zero-order chi connectivity index (χ0) is 70.0. The smallest absolute Gasteiger partial charge is 0.311 e. The molecule has 2 aromatic rings. The monoisotopic (exact) mass is 1360 g/mol. The van der Waals surface area contributed by atoms with E-state index < -0.39 is 29.8 Å². The molecule has 558 valence electrons. The second kappa shape index (κ2) is 66.3. The summed E-state index contributed by atoms with van der Waals surface area (Å²) in [5.41, 5.74) is 0.573. The summed E-state index contributed by atoms with van der Waals surface area (Å²) in [6, 6.07) is 7.94. The van der Waals surface area contributed by atoms with Gasteiger partial charge in [-0.05, 0) is 49.8 Å². The molecule has 0 aliphatic heterocycles. The van der Waals surface area contributed by atoms with Gasteiger partial charge in [-0.3, -0.25) is 24.0 Å². The molecule has 0 aliphatic rings. The molecule has 0 saturated carbocycles. The number of unbranched alkanes of at least 4 members (excludes halogenated alkanes) is 55. The van der Waals surface area contributed by atoms with Gasteiger partial charge in [-0.15, -0.1) is 0 Å². The first-order chi connectivity index (χ1) is 47.6. The maximum atomic E-state index is 14.2. The number of carbonyl (C=O) groups is 5. The Morgan fingerprint density at radius 1 is 0.196 bits per heavy atom. The summed E-state index contributed by atoms with van der Waals surface area (Å²) in [5, 5.41) is 0. The van der Waals surface area contributed by atoms with Crippen molar-refractivity contribution in [2.75, 3.05) is 0 Å². The molecule has 0 unspecified atom stereocenters. The second-order valence-electron chi connectivity index (χ2n) is 29.1. The van der Waals surface area contributed by atoms with Crippen LogP contribution in [0.1, 0.15) is 452 Å². The summed E-state index contributed by atoms with van der Waals surface area (Å²) in [7, 11) is 0. The average molecular weight is 1360 g/mol. The molecule has 0 aliphatic carbocycles. The van der Waals surface area contributed by atoms with Crippen LogP contribution in [0.25, 0.3) is 11.1 Å². The van der Waals surface area contributed by atoms with Crippen LogP contribution >= 0.6 is 0 Å². The summed E-state index contributed by atoms with van der Waals surface area (Å²) in [5.74, 6) is -1.73. The van der Waals surface area contributed by atoms with Crippen LogP contribution in [0.5, 0.6) is 28.7 Å². The number of benzene rings is 2. The molecule has 2 aromatic carbocycles. The van der Waals surface area contributed by atoms with E-state index in [0.717, 1.165) is 96.3 Å². The normalized spacial score (nSPS) is 11.4. The number of carbonyl (C=O) groups excluding carboxylic acids is 5. The first-order valence-corrected chi connectivity index (χ1v) is 42.0. The number of hydrogen-bond acceptors (Lipinski definition) is 10.